The molecule has 1 N–H and O–H groups in total. The lowest BCUT2D eigenvalue weighted by Gasteiger charge is -2.41. The molecule has 0 aliphatic carbocycles. The second-order valence-electron chi connectivity index (χ2n) is 7.78. The van der Waals surface area contributed by atoms with Gasteiger partial charge in [-0.3, -0.25) is 0 Å². The monoisotopic (exact) mass is 526 g/mol. The lowest BCUT2D eigenvalue weighted by Crippen LogP contribution is -2.70. The van der Waals surface area contributed by atoms with E-state index in [0.717, 1.165) is 18.2 Å². The van der Waals surface area contributed by atoms with Crippen LogP contribution in [-0.4, -0.2) is 47.0 Å². The molecule has 1 rings (SSSR count). The van der Waals surface area contributed by atoms with E-state index < -0.39 is 59.5 Å². The number of halogens is 13. The SMILES string of the molecule is CCC(C)Oc1ccccc1C(C)(O)CC(F)(F)C(F)(F)C(F)(F)C(F)(F)C(F)(F)C(F)(F)F. The number of benzene rings is 1. The zero-order valence-corrected chi connectivity index (χ0v) is 17.6. The number of para-hydroxylation sites is 1. The molecule has 1 aromatic carbocycles. The van der Waals surface area contributed by atoms with Crippen LogP contribution in [0.5, 0.6) is 5.75 Å². The fourth-order valence-corrected chi connectivity index (χ4v) is 2.76. The summed E-state index contributed by atoms with van der Waals surface area (Å²) in [4.78, 5) is 0. The van der Waals surface area contributed by atoms with Crippen LogP contribution in [0.2, 0.25) is 0 Å². The van der Waals surface area contributed by atoms with Gasteiger partial charge in [0.05, 0.1) is 18.1 Å². The van der Waals surface area contributed by atoms with Crippen molar-refractivity contribution in [1.82, 2.24) is 0 Å². The highest BCUT2D eigenvalue weighted by atomic mass is 19.4. The van der Waals surface area contributed by atoms with Gasteiger partial charge in [0.2, 0.25) is 0 Å². The highest BCUT2D eigenvalue weighted by Crippen LogP contribution is 2.61. The van der Waals surface area contributed by atoms with Gasteiger partial charge in [-0.1, -0.05) is 25.1 Å². The maximum Gasteiger partial charge on any atom is 0.460 e. The smallest absolute Gasteiger partial charge is 0.460 e. The Morgan fingerprint density at radius 3 is 1.65 bits per heavy atom. The maximum atomic E-state index is 14.3. The minimum Gasteiger partial charge on any atom is -0.490 e. The van der Waals surface area contributed by atoms with Crippen molar-refractivity contribution in [1.29, 1.82) is 0 Å². The van der Waals surface area contributed by atoms with E-state index in [1.54, 1.807) is 6.92 Å². The van der Waals surface area contributed by atoms with Crippen LogP contribution in [0.15, 0.2) is 24.3 Å². The van der Waals surface area contributed by atoms with Gasteiger partial charge in [0.1, 0.15) is 5.75 Å². The topological polar surface area (TPSA) is 29.5 Å². The number of aliphatic hydroxyl groups is 1. The molecule has 198 valence electrons. The van der Waals surface area contributed by atoms with Gasteiger partial charge in [0.25, 0.3) is 0 Å². The van der Waals surface area contributed by atoms with Gasteiger partial charge in [-0.2, -0.15) is 57.1 Å². The van der Waals surface area contributed by atoms with E-state index in [1.807, 2.05) is 0 Å². The normalized spacial score (nSPS) is 17.3. The molecule has 1 aromatic rings. The van der Waals surface area contributed by atoms with E-state index >= 15 is 0 Å². The minimum atomic E-state index is -7.99. The minimum absolute atomic E-state index is 0.319. The average molecular weight is 526 g/mol. The van der Waals surface area contributed by atoms with Gasteiger partial charge in [0.15, 0.2) is 0 Å². The van der Waals surface area contributed by atoms with Gasteiger partial charge in [0, 0.05) is 5.56 Å². The molecule has 0 aliphatic heterocycles. The molecule has 0 heterocycles. The third kappa shape index (κ3) is 4.89. The summed E-state index contributed by atoms with van der Waals surface area (Å²) in [5.41, 5.74) is -3.92. The van der Waals surface area contributed by atoms with Crippen LogP contribution < -0.4 is 4.74 Å². The Morgan fingerprint density at radius 1 is 0.765 bits per heavy atom. The Morgan fingerprint density at radius 2 is 1.21 bits per heavy atom. The second kappa shape index (κ2) is 8.94. The van der Waals surface area contributed by atoms with Gasteiger partial charge in [-0.15, -0.1) is 0 Å². The molecule has 0 spiro atoms. The Bertz CT molecular complexity index is 847. The number of rotatable bonds is 10. The van der Waals surface area contributed by atoms with Crippen LogP contribution in [-0.2, 0) is 5.60 Å². The zero-order chi connectivity index (χ0) is 27.2. The van der Waals surface area contributed by atoms with E-state index in [2.05, 4.69) is 0 Å². The Labute approximate surface area is 184 Å². The van der Waals surface area contributed by atoms with Gasteiger partial charge >= 0.3 is 35.8 Å². The summed E-state index contributed by atoms with van der Waals surface area (Å²) in [6.45, 7) is 3.47. The first kappa shape index (κ1) is 30.1. The largest absolute Gasteiger partial charge is 0.490 e. The average Bonchev–Trinajstić information content (AvgIpc) is 2.65. The number of hydrogen-bond acceptors (Lipinski definition) is 2. The molecule has 0 saturated carbocycles. The first-order chi connectivity index (χ1) is 14.9. The van der Waals surface area contributed by atoms with Gasteiger partial charge < -0.3 is 9.84 Å². The van der Waals surface area contributed by atoms with Crippen LogP contribution in [0.4, 0.5) is 57.1 Å². The van der Waals surface area contributed by atoms with Crippen molar-refractivity contribution in [3.8, 4) is 5.75 Å². The summed E-state index contributed by atoms with van der Waals surface area (Å²) in [7, 11) is 0. The third-order valence-electron chi connectivity index (χ3n) is 4.94. The molecular weight excluding hydrogens is 507 g/mol. The summed E-state index contributed by atoms with van der Waals surface area (Å²) < 4.78 is 178. The highest BCUT2D eigenvalue weighted by Gasteiger charge is 2.90. The quantitative estimate of drug-likeness (QED) is 0.327. The lowest BCUT2D eigenvalue weighted by atomic mass is 9.84. The molecule has 0 aromatic heterocycles. The second-order valence-corrected chi connectivity index (χ2v) is 7.78. The molecule has 2 unspecified atom stereocenters. The van der Waals surface area contributed by atoms with Gasteiger partial charge in [-0.25, -0.2) is 0 Å². The number of hydrogen-bond donors (Lipinski definition) is 1. The fourth-order valence-electron chi connectivity index (χ4n) is 2.76. The Balaban J connectivity index is 3.49. The summed E-state index contributed by atoms with van der Waals surface area (Å²) in [6.07, 6.45) is -10.6. The van der Waals surface area contributed by atoms with Crippen LogP contribution >= 0.6 is 0 Å². The summed E-state index contributed by atoms with van der Waals surface area (Å²) in [6, 6.07) is 4.24. The molecule has 0 aliphatic rings. The van der Waals surface area contributed by atoms with E-state index in [0.29, 0.717) is 13.3 Å². The summed E-state index contributed by atoms with van der Waals surface area (Å²) >= 11 is 0. The predicted octanol–water partition coefficient (Wildman–Crippen LogP) is 7.20. The highest BCUT2D eigenvalue weighted by molar-refractivity contribution is 5.38. The van der Waals surface area contributed by atoms with Crippen molar-refractivity contribution in [2.75, 3.05) is 0 Å². The van der Waals surface area contributed by atoms with E-state index in [1.165, 1.54) is 13.0 Å². The van der Waals surface area contributed by atoms with Crippen molar-refractivity contribution in [2.24, 2.45) is 0 Å². The van der Waals surface area contributed by atoms with Gasteiger partial charge in [-0.05, 0) is 26.3 Å². The first-order valence-corrected chi connectivity index (χ1v) is 9.35. The van der Waals surface area contributed by atoms with E-state index in [4.69, 9.17) is 4.74 Å². The molecule has 2 nitrogen and oxygen atoms in total. The molecule has 34 heavy (non-hydrogen) atoms. The molecule has 0 fully saturated rings. The van der Waals surface area contributed by atoms with Crippen LogP contribution in [0.3, 0.4) is 0 Å². The van der Waals surface area contributed by atoms with Crippen LogP contribution in [0, 0.1) is 0 Å². The Kier molecular flexibility index (Phi) is 7.91. The Hall–Kier alpha value is -1.93. The molecule has 0 saturated heterocycles. The molecule has 15 heteroatoms. The molecule has 0 bridgehead atoms. The third-order valence-corrected chi connectivity index (χ3v) is 4.94. The number of ether oxygens (including phenoxy) is 1. The fraction of sp³-hybridized carbons (Fsp3) is 0.684. The van der Waals surface area contributed by atoms with E-state index in [-0.39, 0.29) is 5.75 Å². The van der Waals surface area contributed by atoms with Crippen molar-refractivity contribution < 1.29 is 66.9 Å². The van der Waals surface area contributed by atoms with Crippen molar-refractivity contribution >= 4 is 0 Å². The van der Waals surface area contributed by atoms with Crippen LogP contribution in [0.25, 0.3) is 0 Å². The predicted molar refractivity (Wildman–Crippen MR) is 91.8 cm³/mol. The number of alkyl halides is 13. The van der Waals surface area contributed by atoms with Crippen molar-refractivity contribution in [2.45, 2.75) is 81.1 Å². The molecular formula is C19H19F13O2. The van der Waals surface area contributed by atoms with Crippen molar-refractivity contribution in [3.05, 3.63) is 29.8 Å². The first-order valence-electron chi connectivity index (χ1n) is 9.35. The van der Waals surface area contributed by atoms with Crippen LogP contribution in [0.1, 0.15) is 39.2 Å². The van der Waals surface area contributed by atoms with E-state index in [9.17, 15) is 62.2 Å². The summed E-state index contributed by atoms with van der Waals surface area (Å²) in [5, 5.41) is 10.4. The lowest BCUT2D eigenvalue weighted by molar-refractivity contribution is -0.441. The summed E-state index contributed by atoms with van der Waals surface area (Å²) in [5.74, 6) is -38.0. The van der Waals surface area contributed by atoms with Crippen molar-refractivity contribution in [3.63, 3.8) is 0 Å². The molecule has 0 radical (unpaired) electrons. The zero-order valence-electron chi connectivity index (χ0n) is 17.6. The standard InChI is InChI=1S/C19H19F13O2/c1-4-10(2)34-12-8-6-5-7-11(12)13(3,33)9-14(20,21)15(22,23)16(24,25)17(26,27)18(28,29)19(30,31)32/h5-8,10,33H,4,9H2,1-3H3. The molecule has 0 amide bonds. The maximum absolute atomic E-state index is 14.3. The molecule has 2 atom stereocenters.